The Morgan fingerprint density at radius 3 is 2.42 bits per heavy atom. The van der Waals surface area contributed by atoms with E-state index >= 15 is 0 Å². The number of ether oxygens (including phenoxy) is 1. The SMILES string of the molecule is CCN(CC)S(=O)(=O)c1ccc(C(=O)Nc2ncccc2OCC2CCCCC2)cc1. The maximum absolute atomic E-state index is 12.7. The van der Waals surface area contributed by atoms with Crippen LogP contribution in [0.4, 0.5) is 5.82 Å². The number of carbonyl (C=O) groups is 1. The van der Waals surface area contributed by atoms with Crippen LogP contribution in [0.3, 0.4) is 0 Å². The number of benzene rings is 1. The minimum absolute atomic E-state index is 0.169. The smallest absolute Gasteiger partial charge is 0.256 e. The van der Waals surface area contributed by atoms with E-state index in [4.69, 9.17) is 4.74 Å². The molecule has 0 saturated heterocycles. The second-order valence-electron chi connectivity index (χ2n) is 7.73. The molecule has 1 N–H and O–H groups in total. The van der Waals surface area contributed by atoms with Gasteiger partial charge in [-0.1, -0.05) is 33.1 Å². The molecule has 8 heteroatoms. The monoisotopic (exact) mass is 445 g/mol. The summed E-state index contributed by atoms with van der Waals surface area (Å²) in [4.78, 5) is 17.1. The van der Waals surface area contributed by atoms with Gasteiger partial charge in [-0.25, -0.2) is 13.4 Å². The minimum atomic E-state index is -3.56. The van der Waals surface area contributed by atoms with E-state index in [1.165, 1.54) is 60.7 Å². The molecule has 0 atom stereocenters. The zero-order valence-electron chi connectivity index (χ0n) is 18.2. The molecule has 7 nitrogen and oxygen atoms in total. The van der Waals surface area contributed by atoms with Gasteiger partial charge in [0.15, 0.2) is 11.6 Å². The van der Waals surface area contributed by atoms with E-state index in [0.717, 1.165) is 0 Å². The van der Waals surface area contributed by atoms with Crippen LogP contribution in [-0.4, -0.2) is 43.3 Å². The van der Waals surface area contributed by atoms with Gasteiger partial charge in [0.2, 0.25) is 10.0 Å². The summed E-state index contributed by atoms with van der Waals surface area (Å²) in [5.74, 6) is 1.08. The number of sulfonamides is 1. The third-order valence-electron chi connectivity index (χ3n) is 5.66. The molecule has 1 heterocycles. The third-order valence-corrected chi connectivity index (χ3v) is 7.73. The number of hydrogen-bond acceptors (Lipinski definition) is 5. The van der Waals surface area contributed by atoms with Crippen LogP contribution in [0, 0.1) is 5.92 Å². The Bertz CT molecular complexity index is 967. The summed E-state index contributed by atoms with van der Waals surface area (Å²) in [6.45, 7) is 4.99. The van der Waals surface area contributed by atoms with Gasteiger partial charge in [0, 0.05) is 24.8 Å². The highest BCUT2D eigenvalue weighted by molar-refractivity contribution is 7.89. The quantitative estimate of drug-likeness (QED) is 0.621. The largest absolute Gasteiger partial charge is 0.489 e. The molecule has 0 bridgehead atoms. The van der Waals surface area contributed by atoms with Crippen LogP contribution in [0.5, 0.6) is 5.75 Å². The van der Waals surface area contributed by atoms with E-state index < -0.39 is 10.0 Å². The Balaban J connectivity index is 1.68. The molecule has 1 amide bonds. The van der Waals surface area contributed by atoms with Crippen LogP contribution in [0.2, 0.25) is 0 Å². The van der Waals surface area contributed by atoms with E-state index in [2.05, 4.69) is 10.3 Å². The molecule has 1 aliphatic carbocycles. The molecule has 2 aromatic rings. The standard InChI is InChI=1S/C23H31N3O4S/c1-3-26(4-2)31(28,29)20-14-12-19(13-15-20)23(27)25-22-21(11-8-16-24-22)30-17-18-9-6-5-7-10-18/h8,11-16,18H,3-7,9-10,17H2,1-2H3,(H,24,25,27). The number of amides is 1. The predicted octanol–water partition coefficient (Wildman–Crippen LogP) is 4.32. The van der Waals surface area contributed by atoms with Gasteiger partial charge >= 0.3 is 0 Å². The van der Waals surface area contributed by atoms with Crippen molar-refractivity contribution >= 4 is 21.7 Å². The van der Waals surface area contributed by atoms with E-state index in [1.54, 1.807) is 32.2 Å². The Morgan fingerprint density at radius 2 is 1.77 bits per heavy atom. The molecule has 31 heavy (non-hydrogen) atoms. The average Bonchev–Trinajstić information content (AvgIpc) is 2.80. The van der Waals surface area contributed by atoms with Gasteiger partial charge in [-0.15, -0.1) is 0 Å². The van der Waals surface area contributed by atoms with Crippen LogP contribution in [0.1, 0.15) is 56.3 Å². The maximum Gasteiger partial charge on any atom is 0.256 e. The van der Waals surface area contributed by atoms with Gasteiger partial charge in [0.1, 0.15) is 0 Å². The molecule has 1 aromatic carbocycles. The van der Waals surface area contributed by atoms with Crippen molar-refractivity contribution in [2.45, 2.75) is 50.8 Å². The highest BCUT2D eigenvalue weighted by Gasteiger charge is 2.22. The van der Waals surface area contributed by atoms with Gasteiger partial charge < -0.3 is 10.1 Å². The minimum Gasteiger partial charge on any atom is -0.489 e. The lowest BCUT2D eigenvalue weighted by Gasteiger charge is -2.22. The van der Waals surface area contributed by atoms with Gasteiger partial charge in [0.25, 0.3) is 5.91 Å². The Hall–Kier alpha value is -2.45. The van der Waals surface area contributed by atoms with Crippen molar-refractivity contribution in [3.63, 3.8) is 0 Å². The highest BCUT2D eigenvalue weighted by Crippen LogP contribution is 2.27. The molecule has 1 aliphatic rings. The van der Waals surface area contributed by atoms with Crippen LogP contribution >= 0.6 is 0 Å². The summed E-state index contributed by atoms with van der Waals surface area (Å²) >= 11 is 0. The molecular weight excluding hydrogens is 414 g/mol. The Morgan fingerprint density at radius 1 is 1.10 bits per heavy atom. The second kappa shape index (κ2) is 10.7. The summed E-state index contributed by atoms with van der Waals surface area (Å²) in [6, 6.07) is 9.52. The zero-order valence-corrected chi connectivity index (χ0v) is 19.0. The number of rotatable bonds is 9. The summed E-state index contributed by atoms with van der Waals surface area (Å²) in [5.41, 5.74) is 0.349. The van der Waals surface area contributed by atoms with E-state index in [9.17, 15) is 13.2 Å². The zero-order chi connectivity index (χ0) is 22.3. The van der Waals surface area contributed by atoms with Crippen LogP contribution in [0.15, 0.2) is 47.5 Å². The Labute approximate surface area is 184 Å². The number of aromatic nitrogens is 1. The van der Waals surface area contributed by atoms with Gasteiger partial charge in [-0.3, -0.25) is 4.79 Å². The van der Waals surface area contributed by atoms with Crippen molar-refractivity contribution in [3.05, 3.63) is 48.2 Å². The van der Waals surface area contributed by atoms with E-state index in [1.807, 2.05) is 0 Å². The van der Waals surface area contributed by atoms with Crippen molar-refractivity contribution in [1.82, 2.24) is 9.29 Å². The maximum atomic E-state index is 12.7. The topological polar surface area (TPSA) is 88.6 Å². The van der Waals surface area contributed by atoms with Gasteiger partial charge in [-0.2, -0.15) is 4.31 Å². The molecule has 3 rings (SSSR count). The predicted molar refractivity (Wildman–Crippen MR) is 121 cm³/mol. The number of nitrogens with zero attached hydrogens (tertiary/aromatic N) is 2. The van der Waals surface area contributed by atoms with Gasteiger partial charge in [-0.05, 0) is 55.2 Å². The summed E-state index contributed by atoms with van der Waals surface area (Å²) in [7, 11) is -3.56. The average molecular weight is 446 g/mol. The van der Waals surface area contributed by atoms with Crippen molar-refractivity contribution in [2.24, 2.45) is 5.92 Å². The second-order valence-corrected chi connectivity index (χ2v) is 9.67. The lowest BCUT2D eigenvalue weighted by molar-refractivity contribution is 0.102. The number of carbonyl (C=O) groups excluding carboxylic acids is 1. The van der Waals surface area contributed by atoms with Crippen molar-refractivity contribution in [2.75, 3.05) is 25.0 Å². The first-order valence-corrected chi connectivity index (χ1v) is 12.4. The molecule has 1 fully saturated rings. The van der Waals surface area contributed by atoms with E-state index in [-0.39, 0.29) is 10.8 Å². The molecule has 0 radical (unpaired) electrons. The number of hydrogen-bond donors (Lipinski definition) is 1. The fourth-order valence-electron chi connectivity index (χ4n) is 3.83. The molecule has 168 valence electrons. The van der Waals surface area contributed by atoms with Crippen molar-refractivity contribution < 1.29 is 17.9 Å². The lowest BCUT2D eigenvalue weighted by Crippen LogP contribution is -2.30. The molecule has 0 aliphatic heterocycles. The highest BCUT2D eigenvalue weighted by atomic mass is 32.2. The fraction of sp³-hybridized carbons (Fsp3) is 0.478. The first-order chi connectivity index (χ1) is 15.0. The van der Waals surface area contributed by atoms with Crippen LogP contribution < -0.4 is 10.1 Å². The summed E-state index contributed by atoms with van der Waals surface area (Å²) in [5, 5.41) is 2.78. The molecule has 1 saturated carbocycles. The third kappa shape index (κ3) is 5.83. The first-order valence-electron chi connectivity index (χ1n) is 10.9. The molecule has 0 spiro atoms. The van der Waals surface area contributed by atoms with Crippen LogP contribution in [-0.2, 0) is 10.0 Å². The molecule has 0 unspecified atom stereocenters. The number of pyridine rings is 1. The van der Waals surface area contributed by atoms with Crippen molar-refractivity contribution in [1.29, 1.82) is 0 Å². The number of nitrogens with one attached hydrogen (secondary N) is 1. The Kier molecular flexibility index (Phi) is 8.03. The lowest BCUT2D eigenvalue weighted by atomic mass is 9.90. The van der Waals surface area contributed by atoms with Crippen LogP contribution in [0.25, 0.3) is 0 Å². The van der Waals surface area contributed by atoms with E-state index in [0.29, 0.717) is 42.7 Å². The first kappa shape index (κ1) is 23.2. The summed E-state index contributed by atoms with van der Waals surface area (Å²) < 4.78 is 32.6. The number of anilines is 1. The fourth-order valence-corrected chi connectivity index (χ4v) is 5.29. The van der Waals surface area contributed by atoms with Gasteiger partial charge in [0.05, 0.1) is 11.5 Å². The van der Waals surface area contributed by atoms with Crippen molar-refractivity contribution in [3.8, 4) is 5.75 Å². The molecular formula is C23H31N3O4S. The normalized spacial score (nSPS) is 15.1. The molecule has 1 aromatic heterocycles. The summed E-state index contributed by atoms with van der Waals surface area (Å²) in [6.07, 6.45) is 7.72.